The molecule has 6 nitrogen and oxygen atoms in total. The van der Waals surface area contributed by atoms with Gasteiger partial charge in [0.15, 0.2) is 5.58 Å². The van der Waals surface area contributed by atoms with Gasteiger partial charge in [0.05, 0.1) is 29.9 Å². The van der Waals surface area contributed by atoms with Gasteiger partial charge in [0.1, 0.15) is 0 Å². The Hall–Kier alpha value is -1.57. The normalized spacial score (nSPS) is 20.0. The Morgan fingerprint density at radius 3 is 2.41 bits per heavy atom. The third kappa shape index (κ3) is 2.29. The lowest BCUT2D eigenvalue weighted by Gasteiger charge is -2.32. The first-order valence-electron chi connectivity index (χ1n) is 7.35. The first kappa shape index (κ1) is 15.3. The maximum atomic E-state index is 11.8. The van der Waals surface area contributed by atoms with Gasteiger partial charge in [0.25, 0.3) is 0 Å². The highest BCUT2D eigenvalue weighted by Gasteiger charge is 2.51. The first-order chi connectivity index (χ1) is 10.2. The zero-order chi connectivity index (χ0) is 16.1. The smallest absolute Gasteiger partial charge is 0.408 e. The second-order valence-electron chi connectivity index (χ2n) is 6.56. The highest BCUT2D eigenvalue weighted by molar-refractivity contribution is 6.62. The summed E-state index contributed by atoms with van der Waals surface area (Å²) in [5.74, 6) is -0.477. The molecule has 2 aromatic rings. The molecule has 2 heterocycles. The molecule has 0 aliphatic carbocycles. The average molecular weight is 305 g/mol. The number of fused-ring (bicyclic) bond motifs is 1. The van der Waals surface area contributed by atoms with E-state index in [0.717, 1.165) is 5.46 Å². The molecule has 22 heavy (non-hydrogen) atoms. The second-order valence-corrected chi connectivity index (χ2v) is 6.56. The number of oxazole rings is 1. The highest BCUT2D eigenvalue weighted by atomic mass is 16.7. The summed E-state index contributed by atoms with van der Waals surface area (Å²) in [7, 11) is -0.498. The van der Waals surface area contributed by atoms with Crippen LogP contribution in [0.3, 0.4) is 0 Å². The largest absolute Gasteiger partial charge is 0.494 e. The minimum absolute atomic E-state index is 0.130. The quantitative estimate of drug-likeness (QED) is 0.852. The maximum Gasteiger partial charge on any atom is 0.494 e. The number of benzene rings is 1. The minimum Gasteiger partial charge on any atom is -0.408 e. The van der Waals surface area contributed by atoms with Crippen LogP contribution < -0.4 is 11.2 Å². The Balaban J connectivity index is 2.03. The molecule has 0 unspecified atom stereocenters. The van der Waals surface area contributed by atoms with E-state index in [4.69, 9.17) is 18.8 Å². The lowest BCUT2D eigenvalue weighted by Crippen LogP contribution is -2.41. The third-order valence-corrected chi connectivity index (χ3v) is 4.54. The van der Waals surface area contributed by atoms with Crippen molar-refractivity contribution in [2.45, 2.75) is 45.4 Å². The fraction of sp³-hybridized carbons (Fsp3) is 0.533. The average Bonchev–Trinajstić information content (AvgIpc) is 2.84. The molecule has 0 bridgehead atoms. The fourth-order valence-corrected chi connectivity index (χ4v) is 2.52. The van der Waals surface area contributed by atoms with Crippen LogP contribution >= 0.6 is 0 Å². The van der Waals surface area contributed by atoms with Crippen molar-refractivity contribution in [3.05, 3.63) is 28.7 Å². The van der Waals surface area contributed by atoms with Crippen molar-refractivity contribution >= 4 is 23.7 Å². The van der Waals surface area contributed by atoms with Crippen LogP contribution in [0.5, 0.6) is 0 Å². The van der Waals surface area contributed by atoms with E-state index in [-0.39, 0.29) is 13.2 Å². The zero-order valence-electron chi connectivity index (χ0n) is 13.3. The van der Waals surface area contributed by atoms with Crippen molar-refractivity contribution < 1.29 is 18.8 Å². The van der Waals surface area contributed by atoms with Gasteiger partial charge >= 0.3 is 12.9 Å². The van der Waals surface area contributed by atoms with Gasteiger partial charge in [0.2, 0.25) is 0 Å². The monoisotopic (exact) mass is 305 g/mol. The van der Waals surface area contributed by atoms with Crippen molar-refractivity contribution in [1.82, 2.24) is 4.57 Å². The first-order valence-corrected chi connectivity index (χ1v) is 7.35. The summed E-state index contributed by atoms with van der Waals surface area (Å²) in [6, 6.07) is 5.37. The second kappa shape index (κ2) is 4.98. The van der Waals surface area contributed by atoms with E-state index in [2.05, 4.69) is 0 Å². The molecule has 1 aromatic heterocycles. The van der Waals surface area contributed by atoms with E-state index in [1.54, 1.807) is 6.07 Å². The molecule has 7 heteroatoms. The molecule has 0 radical (unpaired) electrons. The van der Waals surface area contributed by atoms with E-state index >= 15 is 0 Å². The molecule has 1 aliphatic heterocycles. The van der Waals surface area contributed by atoms with E-state index in [1.165, 1.54) is 4.57 Å². The van der Waals surface area contributed by atoms with Gasteiger partial charge in [-0.25, -0.2) is 4.79 Å². The van der Waals surface area contributed by atoms with Crippen LogP contribution in [0.2, 0.25) is 0 Å². The number of hydrogen-bond acceptors (Lipinski definition) is 5. The molecule has 1 N–H and O–H groups in total. The Labute approximate surface area is 128 Å². The number of aliphatic hydroxyl groups excluding tert-OH is 1. The Morgan fingerprint density at radius 1 is 1.18 bits per heavy atom. The van der Waals surface area contributed by atoms with Crippen LogP contribution in [0.15, 0.2) is 27.4 Å². The van der Waals surface area contributed by atoms with Crippen molar-refractivity contribution in [2.75, 3.05) is 6.61 Å². The van der Waals surface area contributed by atoms with Crippen molar-refractivity contribution in [3.63, 3.8) is 0 Å². The predicted molar refractivity (Wildman–Crippen MR) is 83.3 cm³/mol. The van der Waals surface area contributed by atoms with Gasteiger partial charge < -0.3 is 18.8 Å². The molecule has 0 atom stereocenters. The summed E-state index contributed by atoms with van der Waals surface area (Å²) in [6.07, 6.45) is 0. The van der Waals surface area contributed by atoms with Crippen LogP contribution in [-0.2, 0) is 15.9 Å². The van der Waals surface area contributed by atoms with Gasteiger partial charge in [-0.2, -0.15) is 0 Å². The minimum atomic E-state index is -0.498. The molecule has 1 aliphatic rings. The Bertz CT molecular complexity index is 745. The molecule has 0 saturated carbocycles. The van der Waals surface area contributed by atoms with Crippen LogP contribution in [0.1, 0.15) is 27.7 Å². The molecule has 0 spiro atoms. The maximum absolute atomic E-state index is 11.8. The summed E-state index contributed by atoms with van der Waals surface area (Å²) in [6.45, 7) is 8.03. The van der Waals surface area contributed by atoms with Gasteiger partial charge in [-0.05, 0) is 45.3 Å². The summed E-state index contributed by atoms with van der Waals surface area (Å²) in [5.41, 5.74) is 1.09. The van der Waals surface area contributed by atoms with Crippen LogP contribution in [0.4, 0.5) is 0 Å². The predicted octanol–water partition coefficient (Wildman–Crippen LogP) is 0.886. The van der Waals surface area contributed by atoms with E-state index in [0.29, 0.717) is 11.1 Å². The molecule has 3 rings (SSSR count). The van der Waals surface area contributed by atoms with Gasteiger partial charge in [-0.3, -0.25) is 4.57 Å². The van der Waals surface area contributed by atoms with Crippen LogP contribution in [0, 0.1) is 0 Å². The molecule has 1 aromatic carbocycles. The van der Waals surface area contributed by atoms with Gasteiger partial charge in [0, 0.05) is 0 Å². The standard InChI is InChI=1S/C15H20BNO5/c1-14(2)15(3,4)22-16(21-14)10-5-6-12-11(9-10)17(7-8-18)13(19)20-12/h5-6,9,18H,7-8H2,1-4H3. The van der Waals surface area contributed by atoms with E-state index in [1.807, 2.05) is 39.8 Å². The number of hydrogen-bond donors (Lipinski definition) is 1. The van der Waals surface area contributed by atoms with Crippen molar-refractivity contribution in [3.8, 4) is 0 Å². The molecular formula is C15H20BNO5. The number of nitrogens with zero attached hydrogens (tertiary/aromatic N) is 1. The fourth-order valence-electron chi connectivity index (χ4n) is 2.52. The molecule has 0 amide bonds. The number of aliphatic hydroxyl groups is 1. The molecule has 118 valence electrons. The molecular weight excluding hydrogens is 285 g/mol. The van der Waals surface area contributed by atoms with E-state index in [9.17, 15) is 4.79 Å². The highest BCUT2D eigenvalue weighted by Crippen LogP contribution is 2.36. The summed E-state index contributed by atoms with van der Waals surface area (Å²) in [5, 5.41) is 9.09. The van der Waals surface area contributed by atoms with Crippen LogP contribution in [-0.4, -0.2) is 34.6 Å². The zero-order valence-corrected chi connectivity index (χ0v) is 13.3. The summed E-state index contributed by atoms with van der Waals surface area (Å²) < 4.78 is 18.6. The molecule has 1 saturated heterocycles. The van der Waals surface area contributed by atoms with E-state index < -0.39 is 24.1 Å². The Kier molecular flexibility index (Phi) is 3.47. The number of aromatic nitrogens is 1. The number of rotatable bonds is 3. The summed E-state index contributed by atoms with van der Waals surface area (Å²) >= 11 is 0. The lowest BCUT2D eigenvalue weighted by atomic mass is 9.79. The van der Waals surface area contributed by atoms with Crippen molar-refractivity contribution in [1.29, 1.82) is 0 Å². The topological polar surface area (TPSA) is 73.8 Å². The van der Waals surface area contributed by atoms with Crippen molar-refractivity contribution in [2.24, 2.45) is 0 Å². The lowest BCUT2D eigenvalue weighted by molar-refractivity contribution is 0.00578. The third-order valence-electron chi connectivity index (χ3n) is 4.54. The van der Waals surface area contributed by atoms with Crippen LogP contribution in [0.25, 0.3) is 11.1 Å². The Morgan fingerprint density at radius 2 is 1.82 bits per heavy atom. The van der Waals surface area contributed by atoms with Gasteiger partial charge in [-0.15, -0.1) is 0 Å². The SMILES string of the molecule is CC1(C)OB(c2ccc3oc(=O)n(CCO)c3c2)OC1(C)C. The summed E-state index contributed by atoms with van der Waals surface area (Å²) in [4.78, 5) is 11.8. The van der Waals surface area contributed by atoms with Gasteiger partial charge in [-0.1, -0.05) is 6.07 Å². The molecule has 1 fully saturated rings.